The molecule has 0 aromatic heterocycles. The highest BCUT2D eigenvalue weighted by Crippen LogP contribution is 2.22. The molecule has 3 unspecified atom stereocenters. The Morgan fingerprint density at radius 3 is 2.68 bits per heavy atom. The summed E-state index contributed by atoms with van der Waals surface area (Å²) in [6, 6.07) is 9.06. The van der Waals surface area contributed by atoms with Crippen LogP contribution in [0.4, 0.5) is 0 Å². The fourth-order valence-electron chi connectivity index (χ4n) is 2.17. The van der Waals surface area contributed by atoms with Crippen molar-refractivity contribution in [3.63, 3.8) is 0 Å². The maximum Gasteiger partial charge on any atom is 0.308 e. The largest absolute Gasteiger partial charge is 0.461 e. The number of carbonyl (C=O) groups excluding carboxylic acids is 2. The van der Waals surface area contributed by atoms with Crippen LogP contribution in [0.15, 0.2) is 30.3 Å². The molecule has 3 atom stereocenters. The van der Waals surface area contributed by atoms with E-state index >= 15 is 0 Å². The van der Waals surface area contributed by atoms with E-state index in [-0.39, 0.29) is 30.9 Å². The summed E-state index contributed by atoms with van der Waals surface area (Å²) >= 11 is 0. The van der Waals surface area contributed by atoms with Gasteiger partial charge in [-0.05, 0) is 12.5 Å². The van der Waals surface area contributed by atoms with E-state index in [0.717, 1.165) is 5.56 Å². The fourth-order valence-corrected chi connectivity index (χ4v) is 2.17. The molecule has 1 amide bonds. The smallest absolute Gasteiger partial charge is 0.308 e. The topological polar surface area (TPSA) is 75.6 Å². The lowest BCUT2D eigenvalue weighted by atomic mass is 9.84. The number of esters is 1. The Balaban J connectivity index is 1.78. The third-order valence-corrected chi connectivity index (χ3v) is 3.21. The van der Waals surface area contributed by atoms with Gasteiger partial charge in [-0.15, -0.1) is 0 Å². The minimum absolute atomic E-state index is 0.0914. The SMILES string of the molecule is CC(O)C1C(=O)NC1CC(=O)OCc1ccccc1. The predicted octanol–water partition coefficient (Wildman–Crippen LogP) is 0.615. The summed E-state index contributed by atoms with van der Waals surface area (Å²) in [4.78, 5) is 22.9. The number of benzene rings is 1. The van der Waals surface area contributed by atoms with Gasteiger partial charge in [0.1, 0.15) is 6.61 Å². The van der Waals surface area contributed by atoms with Crippen LogP contribution in [0.25, 0.3) is 0 Å². The zero-order valence-corrected chi connectivity index (χ0v) is 10.7. The molecule has 1 aliphatic heterocycles. The molecule has 1 heterocycles. The van der Waals surface area contributed by atoms with Crippen LogP contribution in [0.1, 0.15) is 18.9 Å². The van der Waals surface area contributed by atoms with E-state index in [9.17, 15) is 14.7 Å². The first-order chi connectivity index (χ1) is 9.08. The molecule has 5 heteroatoms. The summed E-state index contributed by atoms with van der Waals surface area (Å²) in [6.45, 7) is 1.77. The van der Waals surface area contributed by atoms with Gasteiger partial charge in [-0.25, -0.2) is 0 Å². The van der Waals surface area contributed by atoms with Crippen molar-refractivity contribution in [1.29, 1.82) is 0 Å². The summed E-state index contributed by atoms with van der Waals surface area (Å²) in [5.41, 5.74) is 0.917. The van der Waals surface area contributed by atoms with E-state index in [4.69, 9.17) is 4.74 Å². The molecule has 102 valence electrons. The van der Waals surface area contributed by atoms with E-state index < -0.39 is 12.0 Å². The lowest BCUT2D eigenvalue weighted by molar-refractivity contribution is -0.150. The molecule has 1 saturated heterocycles. The second-order valence-electron chi connectivity index (χ2n) is 4.73. The molecular weight excluding hydrogens is 246 g/mol. The standard InChI is InChI=1S/C14H17NO4/c1-9(16)13-11(15-14(13)18)7-12(17)19-8-10-5-3-2-4-6-10/h2-6,9,11,13,16H,7-8H2,1H3,(H,15,18). The van der Waals surface area contributed by atoms with Gasteiger partial charge in [-0.3, -0.25) is 9.59 Å². The highest BCUT2D eigenvalue weighted by atomic mass is 16.5. The maximum absolute atomic E-state index is 11.6. The Bertz CT molecular complexity index is 458. The van der Waals surface area contributed by atoms with Gasteiger partial charge in [0, 0.05) is 0 Å². The molecule has 1 aromatic rings. The van der Waals surface area contributed by atoms with Crippen molar-refractivity contribution in [1.82, 2.24) is 5.32 Å². The van der Waals surface area contributed by atoms with E-state index in [1.54, 1.807) is 6.92 Å². The number of β-lactam (4-membered cyclic amide) rings is 1. The van der Waals surface area contributed by atoms with Crippen LogP contribution >= 0.6 is 0 Å². The number of nitrogens with one attached hydrogen (secondary N) is 1. The third kappa shape index (κ3) is 3.32. The molecule has 5 nitrogen and oxygen atoms in total. The van der Waals surface area contributed by atoms with Crippen LogP contribution in [0, 0.1) is 5.92 Å². The van der Waals surface area contributed by atoms with Crippen molar-refractivity contribution in [3.8, 4) is 0 Å². The molecule has 1 fully saturated rings. The minimum Gasteiger partial charge on any atom is -0.461 e. The molecule has 0 bridgehead atoms. The molecule has 19 heavy (non-hydrogen) atoms. The minimum atomic E-state index is -0.749. The van der Waals surface area contributed by atoms with E-state index in [1.807, 2.05) is 30.3 Å². The van der Waals surface area contributed by atoms with Crippen molar-refractivity contribution in [2.75, 3.05) is 0 Å². The van der Waals surface area contributed by atoms with Crippen molar-refractivity contribution < 1.29 is 19.4 Å². The molecule has 0 radical (unpaired) electrons. The summed E-state index contributed by atoms with van der Waals surface area (Å²) in [5, 5.41) is 12.0. The molecule has 2 N–H and O–H groups in total. The average molecular weight is 263 g/mol. The quantitative estimate of drug-likeness (QED) is 0.603. The second-order valence-corrected chi connectivity index (χ2v) is 4.73. The predicted molar refractivity (Wildman–Crippen MR) is 68.0 cm³/mol. The number of aliphatic hydroxyl groups excluding tert-OH is 1. The number of ether oxygens (including phenoxy) is 1. The molecule has 1 aliphatic rings. The summed E-state index contributed by atoms with van der Waals surface area (Å²) < 4.78 is 5.13. The number of rotatable bonds is 5. The number of aliphatic hydroxyl groups is 1. The Hall–Kier alpha value is -1.88. The Morgan fingerprint density at radius 2 is 2.11 bits per heavy atom. The average Bonchev–Trinajstić information content (AvgIpc) is 2.36. The normalized spacial score (nSPS) is 23.2. The van der Waals surface area contributed by atoms with Crippen LogP contribution in [-0.4, -0.2) is 29.1 Å². The van der Waals surface area contributed by atoms with Gasteiger partial charge >= 0.3 is 5.97 Å². The van der Waals surface area contributed by atoms with Crippen molar-refractivity contribution in [2.45, 2.75) is 32.1 Å². The first-order valence-corrected chi connectivity index (χ1v) is 6.26. The van der Waals surface area contributed by atoms with E-state index in [0.29, 0.717) is 0 Å². The van der Waals surface area contributed by atoms with Crippen LogP contribution in [0.5, 0.6) is 0 Å². The second kappa shape index (κ2) is 5.84. The van der Waals surface area contributed by atoms with Gasteiger partial charge in [0.2, 0.25) is 5.91 Å². The van der Waals surface area contributed by atoms with E-state index in [2.05, 4.69) is 5.32 Å². The van der Waals surface area contributed by atoms with Crippen LogP contribution in [0.3, 0.4) is 0 Å². The first kappa shape index (κ1) is 13.5. The van der Waals surface area contributed by atoms with Gasteiger partial charge in [0.15, 0.2) is 0 Å². The van der Waals surface area contributed by atoms with E-state index in [1.165, 1.54) is 0 Å². The molecule has 1 aromatic carbocycles. The van der Waals surface area contributed by atoms with Gasteiger partial charge < -0.3 is 15.2 Å². The maximum atomic E-state index is 11.6. The Kier molecular flexibility index (Phi) is 4.16. The van der Waals surface area contributed by atoms with Gasteiger partial charge in [-0.1, -0.05) is 30.3 Å². The highest BCUT2D eigenvalue weighted by molar-refractivity contribution is 5.88. The lowest BCUT2D eigenvalue weighted by Gasteiger charge is -2.37. The molecule has 2 rings (SSSR count). The Morgan fingerprint density at radius 1 is 1.42 bits per heavy atom. The zero-order valence-electron chi connectivity index (χ0n) is 10.7. The fraction of sp³-hybridized carbons (Fsp3) is 0.429. The summed E-state index contributed by atoms with van der Waals surface area (Å²) in [5.74, 6) is -1.10. The summed E-state index contributed by atoms with van der Waals surface area (Å²) in [7, 11) is 0. The number of hydrogen-bond donors (Lipinski definition) is 2. The van der Waals surface area contributed by atoms with Crippen molar-refractivity contribution in [3.05, 3.63) is 35.9 Å². The van der Waals surface area contributed by atoms with Crippen LogP contribution < -0.4 is 5.32 Å². The zero-order chi connectivity index (χ0) is 13.8. The molecular formula is C14H17NO4. The van der Waals surface area contributed by atoms with Crippen LogP contribution in [0.2, 0.25) is 0 Å². The summed E-state index contributed by atoms with van der Waals surface area (Å²) in [6.07, 6.45) is -0.658. The number of carbonyl (C=O) groups is 2. The van der Waals surface area contributed by atoms with Crippen LogP contribution in [-0.2, 0) is 20.9 Å². The van der Waals surface area contributed by atoms with Gasteiger partial charge in [-0.2, -0.15) is 0 Å². The molecule has 0 aliphatic carbocycles. The van der Waals surface area contributed by atoms with Crippen molar-refractivity contribution in [2.24, 2.45) is 5.92 Å². The number of amides is 1. The van der Waals surface area contributed by atoms with Crippen molar-refractivity contribution >= 4 is 11.9 Å². The first-order valence-electron chi connectivity index (χ1n) is 6.26. The van der Waals surface area contributed by atoms with Gasteiger partial charge in [0.25, 0.3) is 0 Å². The molecule has 0 spiro atoms. The monoisotopic (exact) mass is 263 g/mol. The number of hydrogen-bond acceptors (Lipinski definition) is 4. The molecule has 0 saturated carbocycles. The highest BCUT2D eigenvalue weighted by Gasteiger charge is 2.43. The van der Waals surface area contributed by atoms with Gasteiger partial charge in [0.05, 0.1) is 24.5 Å². The third-order valence-electron chi connectivity index (χ3n) is 3.21. The Labute approximate surface area is 111 Å². The lowest BCUT2D eigenvalue weighted by Crippen LogP contribution is -2.62.